The Bertz CT molecular complexity index is 1070. The lowest BCUT2D eigenvalue weighted by molar-refractivity contribution is -0.114. The molecule has 142 valence electrons. The average molecular weight is 395 g/mol. The molecule has 0 aliphatic heterocycles. The van der Waals surface area contributed by atoms with Crippen LogP contribution >= 0.6 is 7.92 Å². The molecule has 1 N–H and O–H groups in total. The Morgan fingerprint density at radius 2 is 1.10 bits per heavy atom. The minimum atomic E-state index is -0.736. The van der Waals surface area contributed by atoms with Gasteiger partial charge >= 0.3 is 0 Å². The van der Waals surface area contributed by atoms with Crippen molar-refractivity contribution in [2.24, 2.45) is 0 Å². The summed E-state index contributed by atoms with van der Waals surface area (Å²) in [6, 6.07) is 37.9. The summed E-state index contributed by atoms with van der Waals surface area (Å²) in [5.41, 5.74) is 3.02. The van der Waals surface area contributed by atoms with Gasteiger partial charge < -0.3 is 5.32 Å². The van der Waals surface area contributed by atoms with Crippen molar-refractivity contribution in [3.63, 3.8) is 0 Å². The Morgan fingerprint density at radius 3 is 1.69 bits per heavy atom. The lowest BCUT2D eigenvalue weighted by Crippen LogP contribution is -2.22. The van der Waals surface area contributed by atoms with Crippen LogP contribution in [0.5, 0.6) is 0 Å². The van der Waals surface area contributed by atoms with Crippen molar-refractivity contribution < 1.29 is 4.79 Å². The van der Waals surface area contributed by atoms with Gasteiger partial charge in [-0.15, -0.1) is 0 Å². The van der Waals surface area contributed by atoms with Crippen LogP contribution in [0.1, 0.15) is 6.92 Å². The molecule has 4 aromatic rings. The van der Waals surface area contributed by atoms with Crippen LogP contribution in [-0.4, -0.2) is 5.91 Å². The van der Waals surface area contributed by atoms with Gasteiger partial charge in [0.2, 0.25) is 5.91 Å². The first-order valence-corrected chi connectivity index (χ1v) is 10.9. The standard InChI is InChI=1S/C26H22NOP/c1-20(28)27-25-18-10-8-16-23(25)24-17-9-11-19-26(24)29(21-12-4-2-5-13-21)22-14-6-3-7-15-22/h2-19H,1H3,(H,27,28). The molecule has 0 unspecified atom stereocenters. The second kappa shape index (κ2) is 8.86. The molecule has 3 heteroatoms. The topological polar surface area (TPSA) is 29.1 Å². The molecule has 2 nitrogen and oxygen atoms in total. The van der Waals surface area contributed by atoms with Crippen LogP contribution in [0.25, 0.3) is 11.1 Å². The largest absolute Gasteiger partial charge is 0.326 e. The molecule has 0 aliphatic carbocycles. The summed E-state index contributed by atoms with van der Waals surface area (Å²) in [6.45, 7) is 1.55. The van der Waals surface area contributed by atoms with E-state index >= 15 is 0 Å². The molecule has 0 atom stereocenters. The first-order valence-electron chi connectivity index (χ1n) is 9.60. The van der Waals surface area contributed by atoms with E-state index in [1.54, 1.807) is 6.92 Å². The first-order chi connectivity index (χ1) is 14.2. The zero-order chi connectivity index (χ0) is 20.1. The number of carbonyl (C=O) groups excluding carboxylic acids is 1. The van der Waals surface area contributed by atoms with E-state index in [0.29, 0.717) is 0 Å². The summed E-state index contributed by atoms with van der Waals surface area (Å²) in [5, 5.41) is 6.87. The molecule has 0 aromatic heterocycles. The first kappa shape index (κ1) is 19.1. The van der Waals surface area contributed by atoms with Crippen molar-refractivity contribution in [1.82, 2.24) is 0 Å². The molecule has 1 amide bonds. The molecule has 4 rings (SSSR count). The van der Waals surface area contributed by atoms with Crippen LogP contribution < -0.4 is 21.2 Å². The monoisotopic (exact) mass is 395 g/mol. The SMILES string of the molecule is CC(=O)Nc1ccccc1-c1ccccc1P(c1ccccc1)c1ccccc1. The second-order valence-electron chi connectivity index (χ2n) is 6.75. The number of rotatable bonds is 5. The maximum atomic E-state index is 11.8. The average Bonchev–Trinajstić information content (AvgIpc) is 2.76. The van der Waals surface area contributed by atoms with Gasteiger partial charge in [0.25, 0.3) is 0 Å². The van der Waals surface area contributed by atoms with Crippen LogP contribution in [0.2, 0.25) is 0 Å². The molecule has 0 bridgehead atoms. The van der Waals surface area contributed by atoms with Gasteiger partial charge in [-0.1, -0.05) is 103 Å². The highest BCUT2D eigenvalue weighted by molar-refractivity contribution is 7.80. The Hall–Kier alpha value is -3.22. The van der Waals surface area contributed by atoms with E-state index in [2.05, 4.69) is 96.3 Å². The van der Waals surface area contributed by atoms with Crippen LogP contribution in [0.3, 0.4) is 0 Å². The Labute approximate surface area is 173 Å². The Kier molecular flexibility index (Phi) is 5.84. The van der Waals surface area contributed by atoms with Gasteiger partial charge in [-0.2, -0.15) is 0 Å². The lowest BCUT2D eigenvalue weighted by atomic mass is 10.0. The third kappa shape index (κ3) is 4.29. The number of benzene rings is 4. The minimum absolute atomic E-state index is 0.0664. The minimum Gasteiger partial charge on any atom is -0.326 e. The molecule has 4 aromatic carbocycles. The van der Waals surface area contributed by atoms with Crippen LogP contribution in [0, 0.1) is 0 Å². The van der Waals surface area contributed by atoms with E-state index in [1.807, 2.05) is 18.2 Å². The van der Waals surface area contributed by atoms with Gasteiger partial charge in [-0.25, -0.2) is 0 Å². The van der Waals surface area contributed by atoms with Gasteiger partial charge in [0.1, 0.15) is 0 Å². The predicted molar refractivity (Wildman–Crippen MR) is 125 cm³/mol. The molecule has 0 radical (unpaired) electrons. The molecule has 29 heavy (non-hydrogen) atoms. The maximum Gasteiger partial charge on any atom is 0.221 e. The summed E-state index contributed by atoms with van der Waals surface area (Å²) >= 11 is 0. The third-order valence-electron chi connectivity index (χ3n) is 4.70. The van der Waals surface area contributed by atoms with E-state index in [1.165, 1.54) is 15.9 Å². The molecular weight excluding hydrogens is 373 g/mol. The van der Waals surface area contributed by atoms with Crippen molar-refractivity contribution in [2.45, 2.75) is 6.92 Å². The Morgan fingerprint density at radius 1 is 0.621 bits per heavy atom. The highest BCUT2D eigenvalue weighted by Gasteiger charge is 2.21. The summed E-state index contributed by atoms with van der Waals surface area (Å²) in [6.07, 6.45) is 0. The van der Waals surface area contributed by atoms with Gasteiger partial charge in [-0.05, 0) is 35.5 Å². The third-order valence-corrected chi connectivity index (χ3v) is 7.20. The molecule has 0 saturated carbocycles. The number of nitrogens with one attached hydrogen (secondary N) is 1. The van der Waals surface area contributed by atoms with E-state index in [-0.39, 0.29) is 5.91 Å². The van der Waals surface area contributed by atoms with Crippen molar-refractivity contribution >= 4 is 35.4 Å². The molecule has 0 spiro atoms. The fourth-order valence-corrected chi connectivity index (χ4v) is 5.96. The number of para-hydroxylation sites is 1. The molecule has 0 saturated heterocycles. The van der Waals surface area contributed by atoms with Crippen molar-refractivity contribution in [3.8, 4) is 11.1 Å². The zero-order valence-electron chi connectivity index (χ0n) is 16.2. The fourth-order valence-electron chi connectivity index (χ4n) is 3.49. The molecular formula is C26H22NOP. The Balaban J connectivity index is 1.93. The normalized spacial score (nSPS) is 10.7. The van der Waals surface area contributed by atoms with Gasteiger partial charge in [0.05, 0.1) is 0 Å². The van der Waals surface area contributed by atoms with Crippen LogP contribution in [0.15, 0.2) is 109 Å². The highest BCUT2D eigenvalue weighted by atomic mass is 31.1. The maximum absolute atomic E-state index is 11.8. The van der Waals surface area contributed by atoms with Crippen molar-refractivity contribution in [2.75, 3.05) is 5.32 Å². The number of carbonyl (C=O) groups is 1. The van der Waals surface area contributed by atoms with E-state index in [9.17, 15) is 4.79 Å². The summed E-state index contributed by atoms with van der Waals surface area (Å²) in [5.74, 6) is -0.0664. The molecule has 0 aliphatic rings. The second-order valence-corrected chi connectivity index (χ2v) is 8.94. The lowest BCUT2D eigenvalue weighted by Gasteiger charge is -2.23. The van der Waals surface area contributed by atoms with Crippen LogP contribution in [-0.2, 0) is 4.79 Å². The van der Waals surface area contributed by atoms with Gasteiger partial charge in [0.15, 0.2) is 0 Å². The fraction of sp³-hybridized carbons (Fsp3) is 0.0385. The van der Waals surface area contributed by atoms with Crippen molar-refractivity contribution in [3.05, 3.63) is 109 Å². The summed E-state index contributed by atoms with van der Waals surface area (Å²) < 4.78 is 0. The zero-order valence-corrected chi connectivity index (χ0v) is 17.1. The quantitative estimate of drug-likeness (QED) is 0.470. The number of anilines is 1. The smallest absolute Gasteiger partial charge is 0.221 e. The van der Waals surface area contributed by atoms with E-state index < -0.39 is 7.92 Å². The van der Waals surface area contributed by atoms with E-state index in [0.717, 1.165) is 16.8 Å². The summed E-state index contributed by atoms with van der Waals surface area (Å²) in [7, 11) is -0.736. The molecule has 0 heterocycles. The highest BCUT2D eigenvalue weighted by Crippen LogP contribution is 2.38. The van der Waals surface area contributed by atoms with Crippen molar-refractivity contribution in [1.29, 1.82) is 0 Å². The van der Waals surface area contributed by atoms with E-state index in [4.69, 9.17) is 0 Å². The number of hydrogen-bond donors (Lipinski definition) is 1. The molecule has 0 fully saturated rings. The van der Waals surface area contributed by atoms with Crippen LogP contribution in [0.4, 0.5) is 5.69 Å². The number of amides is 1. The number of hydrogen-bond acceptors (Lipinski definition) is 1. The van der Waals surface area contributed by atoms with Gasteiger partial charge in [-0.3, -0.25) is 4.79 Å². The van der Waals surface area contributed by atoms with Gasteiger partial charge in [0, 0.05) is 18.2 Å². The summed E-state index contributed by atoms with van der Waals surface area (Å²) in [4.78, 5) is 11.8. The predicted octanol–water partition coefficient (Wildman–Crippen LogP) is 5.07.